The van der Waals surface area contributed by atoms with E-state index in [4.69, 9.17) is 10.5 Å². The van der Waals surface area contributed by atoms with Gasteiger partial charge in [-0.2, -0.15) is 0 Å². The Morgan fingerprint density at radius 2 is 1.81 bits per heavy atom. The summed E-state index contributed by atoms with van der Waals surface area (Å²) < 4.78 is 17.9. The number of nitrogens with two attached hydrogens (primary N) is 1. The summed E-state index contributed by atoms with van der Waals surface area (Å²) in [5, 5.41) is 0. The minimum atomic E-state index is -1.02. The predicted molar refractivity (Wildman–Crippen MR) is 87.1 cm³/mol. The van der Waals surface area contributed by atoms with Crippen LogP contribution < -0.4 is 10.5 Å². The Kier molecular flexibility index (Phi) is 5.96. The summed E-state index contributed by atoms with van der Waals surface area (Å²) in [4.78, 5) is 0.888. The van der Waals surface area contributed by atoms with Gasteiger partial charge in [0.05, 0.1) is 16.6 Å². The molecule has 1 unspecified atom stereocenters. The van der Waals surface area contributed by atoms with E-state index in [1.165, 1.54) is 5.56 Å². The number of aryl methyl sites for hydroxylation is 1. The molecule has 0 bridgehead atoms. The molecule has 0 aliphatic rings. The summed E-state index contributed by atoms with van der Waals surface area (Å²) >= 11 is 0. The first-order valence-corrected chi connectivity index (χ1v) is 8.38. The molecule has 0 aliphatic heterocycles. The van der Waals surface area contributed by atoms with Gasteiger partial charge in [0, 0.05) is 4.90 Å². The van der Waals surface area contributed by atoms with E-state index in [1.54, 1.807) is 0 Å². The number of ether oxygens (including phenoxy) is 1. The highest BCUT2D eigenvalue weighted by Crippen LogP contribution is 2.14. The summed E-state index contributed by atoms with van der Waals surface area (Å²) in [6.07, 6.45) is 0.873. The molecule has 2 N–H and O–H groups in total. The largest absolute Gasteiger partial charge is 0.493 e. The summed E-state index contributed by atoms with van der Waals surface area (Å²) in [6, 6.07) is 15.6. The molecule has 2 rings (SSSR count). The summed E-state index contributed by atoms with van der Waals surface area (Å²) in [5.74, 6) is 1.30. The molecule has 0 radical (unpaired) electrons. The molecular weight excluding hydrogens is 282 g/mol. The van der Waals surface area contributed by atoms with Crippen molar-refractivity contribution in [3.8, 4) is 5.75 Å². The van der Waals surface area contributed by atoms with Crippen LogP contribution in [0.15, 0.2) is 53.4 Å². The SMILES string of the molecule is Cc1ccccc1S(=O)CCOc1ccc(CCN)cc1. The van der Waals surface area contributed by atoms with Crippen molar-refractivity contribution in [3.05, 3.63) is 59.7 Å². The van der Waals surface area contributed by atoms with E-state index >= 15 is 0 Å². The van der Waals surface area contributed by atoms with Crippen molar-refractivity contribution >= 4 is 10.8 Å². The van der Waals surface area contributed by atoms with Crippen LogP contribution in [0.4, 0.5) is 0 Å². The van der Waals surface area contributed by atoms with Crippen LogP contribution in [-0.4, -0.2) is 23.1 Å². The second-order valence-electron chi connectivity index (χ2n) is 4.85. The maximum absolute atomic E-state index is 12.2. The van der Waals surface area contributed by atoms with Crippen molar-refractivity contribution in [1.82, 2.24) is 0 Å². The van der Waals surface area contributed by atoms with E-state index in [9.17, 15) is 4.21 Å². The lowest BCUT2D eigenvalue weighted by Gasteiger charge is -2.08. The van der Waals surface area contributed by atoms with Crippen molar-refractivity contribution in [2.45, 2.75) is 18.2 Å². The molecule has 0 aliphatic carbocycles. The monoisotopic (exact) mass is 303 g/mol. The van der Waals surface area contributed by atoms with E-state index < -0.39 is 10.8 Å². The Bertz CT molecular complexity index is 596. The van der Waals surface area contributed by atoms with Crippen LogP contribution in [0.25, 0.3) is 0 Å². The van der Waals surface area contributed by atoms with E-state index in [2.05, 4.69) is 0 Å². The van der Waals surface area contributed by atoms with Gasteiger partial charge < -0.3 is 10.5 Å². The zero-order valence-electron chi connectivity index (χ0n) is 12.2. The van der Waals surface area contributed by atoms with Gasteiger partial charge in [-0.25, -0.2) is 0 Å². The third-order valence-corrected chi connectivity index (χ3v) is 4.72. The second-order valence-corrected chi connectivity index (χ2v) is 6.39. The number of hydrogen-bond acceptors (Lipinski definition) is 3. The Labute approximate surface area is 128 Å². The standard InChI is InChI=1S/C17H21NO2S/c1-14-4-2-3-5-17(14)21(19)13-12-20-16-8-6-15(7-9-16)10-11-18/h2-9H,10-13,18H2,1H3. The summed E-state index contributed by atoms with van der Waals surface area (Å²) in [6.45, 7) is 3.07. The highest BCUT2D eigenvalue weighted by molar-refractivity contribution is 7.85. The van der Waals surface area contributed by atoms with Gasteiger partial charge in [0.1, 0.15) is 12.4 Å². The van der Waals surface area contributed by atoms with Gasteiger partial charge in [0.2, 0.25) is 0 Å². The third-order valence-electron chi connectivity index (χ3n) is 3.23. The normalized spacial score (nSPS) is 12.1. The van der Waals surface area contributed by atoms with Crippen LogP contribution in [-0.2, 0) is 17.2 Å². The van der Waals surface area contributed by atoms with Crippen LogP contribution in [0.3, 0.4) is 0 Å². The molecule has 0 saturated carbocycles. The molecule has 0 spiro atoms. The zero-order valence-corrected chi connectivity index (χ0v) is 13.1. The van der Waals surface area contributed by atoms with Gasteiger partial charge in [-0.05, 0) is 49.2 Å². The van der Waals surface area contributed by atoms with Crippen molar-refractivity contribution < 1.29 is 8.95 Å². The van der Waals surface area contributed by atoms with Gasteiger partial charge in [-0.1, -0.05) is 30.3 Å². The van der Waals surface area contributed by atoms with E-state index in [0.717, 1.165) is 22.6 Å². The fraction of sp³-hybridized carbons (Fsp3) is 0.294. The molecule has 4 heteroatoms. The fourth-order valence-electron chi connectivity index (χ4n) is 2.08. The lowest BCUT2D eigenvalue weighted by Crippen LogP contribution is -2.09. The molecule has 2 aromatic carbocycles. The fourth-order valence-corrected chi connectivity index (χ4v) is 3.19. The third kappa shape index (κ3) is 4.69. The average molecular weight is 303 g/mol. The van der Waals surface area contributed by atoms with Crippen LogP contribution in [0.2, 0.25) is 0 Å². The van der Waals surface area contributed by atoms with E-state index in [-0.39, 0.29) is 0 Å². The predicted octanol–water partition coefficient (Wildman–Crippen LogP) is 2.68. The second kappa shape index (κ2) is 7.96. The maximum Gasteiger partial charge on any atom is 0.119 e. The average Bonchev–Trinajstić information content (AvgIpc) is 2.49. The van der Waals surface area contributed by atoms with Gasteiger partial charge in [0.15, 0.2) is 0 Å². The number of hydrogen-bond donors (Lipinski definition) is 1. The Morgan fingerprint density at radius 1 is 1.10 bits per heavy atom. The highest BCUT2D eigenvalue weighted by Gasteiger charge is 2.06. The van der Waals surface area contributed by atoms with Gasteiger partial charge in [0.25, 0.3) is 0 Å². The van der Waals surface area contributed by atoms with Crippen molar-refractivity contribution in [1.29, 1.82) is 0 Å². The molecule has 0 saturated heterocycles. The molecule has 3 nitrogen and oxygen atoms in total. The van der Waals surface area contributed by atoms with Crippen LogP contribution >= 0.6 is 0 Å². The van der Waals surface area contributed by atoms with Gasteiger partial charge in [-0.15, -0.1) is 0 Å². The van der Waals surface area contributed by atoms with Crippen molar-refractivity contribution in [2.24, 2.45) is 5.73 Å². The smallest absolute Gasteiger partial charge is 0.119 e. The minimum absolute atomic E-state index is 0.442. The van der Waals surface area contributed by atoms with E-state index in [1.807, 2.05) is 55.5 Å². The first-order valence-electron chi connectivity index (χ1n) is 7.06. The molecule has 2 aromatic rings. The topological polar surface area (TPSA) is 52.3 Å². The van der Waals surface area contributed by atoms with Crippen molar-refractivity contribution in [3.63, 3.8) is 0 Å². The van der Waals surface area contributed by atoms with Gasteiger partial charge in [-0.3, -0.25) is 4.21 Å². The Balaban J connectivity index is 1.84. The minimum Gasteiger partial charge on any atom is -0.493 e. The molecular formula is C17H21NO2S. The molecule has 0 amide bonds. The number of benzene rings is 2. The Hall–Kier alpha value is -1.65. The molecule has 112 valence electrons. The molecule has 21 heavy (non-hydrogen) atoms. The summed E-state index contributed by atoms with van der Waals surface area (Å²) in [7, 11) is -1.02. The van der Waals surface area contributed by atoms with Crippen LogP contribution in [0.1, 0.15) is 11.1 Å². The van der Waals surface area contributed by atoms with Crippen LogP contribution in [0.5, 0.6) is 5.75 Å². The molecule has 1 atom stereocenters. The first kappa shape index (κ1) is 15.7. The summed E-state index contributed by atoms with van der Waals surface area (Å²) in [5.41, 5.74) is 7.77. The lowest BCUT2D eigenvalue weighted by molar-refractivity contribution is 0.342. The molecule has 0 heterocycles. The lowest BCUT2D eigenvalue weighted by atomic mass is 10.1. The van der Waals surface area contributed by atoms with Crippen molar-refractivity contribution in [2.75, 3.05) is 18.9 Å². The van der Waals surface area contributed by atoms with Gasteiger partial charge >= 0.3 is 0 Å². The molecule has 0 aromatic heterocycles. The first-order chi connectivity index (χ1) is 10.2. The Morgan fingerprint density at radius 3 is 2.48 bits per heavy atom. The van der Waals surface area contributed by atoms with Crippen LogP contribution in [0, 0.1) is 6.92 Å². The highest BCUT2D eigenvalue weighted by atomic mass is 32.2. The number of rotatable bonds is 7. The molecule has 0 fully saturated rings. The maximum atomic E-state index is 12.2. The quantitative estimate of drug-likeness (QED) is 0.855. The zero-order chi connectivity index (χ0) is 15.1. The van der Waals surface area contributed by atoms with E-state index in [0.29, 0.717) is 18.9 Å².